The van der Waals surface area contributed by atoms with Crippen LogP contribution in [0.4, 0.5) is 4.39 Å². The van der Waals surface area contributed by atoms with Gasteiger partial charge in [0, 0.05) is 32.1 Å². The van der Waals surface area contributed by atoms with Crippen LogP contribution >= 0.6 is 0 Å². The Hall–Kier alpha value is -1.91. The Bertz CT molecular complexity index is 663. The molecule has 1 aromatic carbocycles. The van der Waals surface area contributed by atoms with Gasteiger partial charge in [-0.05, 0) is 62.1 Å². The van der Waals surface area contributed by atoms with Crippen molar-refractivity contribution in [2.24, 2.45) is 11.8 Å². The highest BCUT2D eigenvalue weighted by molar-refractivity contribution is 5.84. The number of carbonyl (C=O) groups is 2. The predicted molar refractivity (Wildman–Crippen MR) is 96.9 cm³/mol. The first-order chi connectivity index (χ1) is 12.6. The zero-order chi connectivity index (χ0) is 18.1. The minimum Gasteiger partial charge on any atom is -0.342 e. The van der Waals surface area contributed by atoms with Gasteiger partial charge in [-0.25, -0.2) is 4.39 Å². The van der Waals surface area contributed by atoms with E-state index in [2.05, 4.69) is 0 Å². The number of piperidine rings is 2. The molecule has 140 valence electrons. The highest BCUT2D eigenvalue weighted by Gasteiger charge is 2.40. The molecular weight excluding hydrogens is 331 g/mol. The van der Waals surface area contributed by atoms with Gasteiger partial charge in [0.05, 0.1) is 5.92 Å². The van der Waals surface area contributed by atoms with E-state index in [1.165, 1.54) is 17.7 Å². The van der Waals surface area contributed by atoms with Gasteiger partial charge in [-0.15, -0.1) is 0 Å². The topological polar surface area (TPSA) is 40.6 Å². The third kappa shape index (κ3) is 3.92. The number of benzene rings is 1. The number of hydrogen-bond donors (Lipinski definition) is 0. The van der Waals surface area contributed by atoms with Gasteiger partial charge in [-0.1, -0.05) is 12.1 Å². The summed E-state index contributed by atoms with van der Waals surface area (Å²) in [5.74, 6) is 0.820. The standard InChI is InChI=1S/C21H27FN2O2/c22-18-4-1-15(2-5-18)13-16-9-11-23(12-10-16)21(26)17-3-8-20(25)24(14-17)19-6-7-19/h1-2,4-5,16-17,19H,3,6-14H2/t17-/m0/s1. The van der Waals surface area contributed by atoms with Gasteiger partial charge in [-0.2, -0.15) is 0 Å². The summed E-state index contributed by atoms with van der Waals surface area (Å²) in [6.45, 7) is 2.23. The second kappa shape index (κ2) is 7.37. The maximum atomic E-state index is 13.0. The summed E-state index contributed by atoms with van der Waals surface area (Å²) in [4.78, 5) is 28.9. The Kier molecular flexibility index (Phi) is 4.96. The van der Waals surface area contributed by atoms with Crippen LogP contribution in [0.25, 0.3) is 0 Å². The molecule has 0 bridgehead atoms. The summed E-state index contributed by atoms with van der Waals surface area (Å²) in [6.07, 6.45) is 6.38. The smallest absolute Gasteiger partial charge is 0.227 e. The number of nitrogens with zero attached hydrogens (tertiary/aromatic N) is 2. The summed E-state index contributed by atoms with van der Waals surface area (Å²) >= 11 is 0. The largest absolute Gasteiger partial charge is 0.342 e. The number of halogens is 1. The van der Waals surface area contributed by atoms with Crippen molar-refractivity contribution in [2.45, 2.75) is 51.0 Å². The van der Waals surface area contributed by atoms with Gasteiger partial charge in [0.15, 0.2) is 0 Å². The van der Waals surface area contributed by atoms with Crippen LogP contribution in [-0.4, -0.2) is 47.3 Å². The van der Waals surface area contributed by atoms with Crippen LogP contribution in [0.5, 0.6) is 0 Å². The lowest BCUT2D eigenvalue weighted by Crippen LogP contribution is -2.49. The molecule has 2 saturated heterocycles. The molecular formula is C21H27FN2O2. The third-order valence-electron chi connectivity index (χ3n) is 6.14. The highest BCUT2D eigenvalue weighted by atomic mass is 19.1. The molecule has 0 radical (unpaired) electrons. The molecule has 2 amide bonds. The average molecular weight is 358 g/mol. The zero-order valence-corrected chi connectivity index (χ0v) is 15.2. The minimum absolute atomic E-state index is 0.0121. The fourth-order valence-electron chi connectivity index (χ4n) is 4.38. The second-order valence-corrected chi connectivity index (χ2v) is 8.11. The van der Waals surface area contributed by atoms with Crippen molar-refractivity contribution < 1.29 is 14.0 Å². The van der Waals surface area contributed by atoms with Gasteiger partial charge < -0.3 is 9.80 Å². The summed E-state index contributed by atoms with van der Waals surface area (Å²) in [5, 5.41) is 0. The molecule has 1 aliphatic carbocycles. The Morgan fingerprint density at radius 1 is 1.04 bits per heavy atom. The van der Waals surface area contributed by atoms with E-state index in [0.717, 1.165) is 45.2 Å². The van der Waals surface area contributed by atoms with Crippen molar-refractivity contribution >= 4 is 11.8 Å². The highest BCUT2D eigenvalue weighted by Crippen LogP contribution is 2.33. The van der Waals surface area contributed by atoms with E-state index in [0.29, 0.717) is 31.3 Å². The van der Waals surface area contributed by atoms with Gasteiger partial charge in [0.1, 0.15) is 5.82 Å². The summed E-state index contributed by atoms with van der Waals surface area (Å²) in [6, 6.07) is 7.16. The quantitative estimate of drug-likeness (QED) is 0.830. The molecule has 0 N–H and O–H groups in total. The molecule has 5 heteroatoms. The van der Waals surface area contributed by atoms with Crippen LogP contribution in [0, 0.1) is 17.7 Å². The number of likely N-dealkylation sites (tertiary alicyclic amines) is 2. The van der Waals surface area contributed by atoms with Gasteiger partial charge >= 0.3 is 0 Å². The van der Waals surface area contributed by atoms with Crippen LogP contribution < -0.4 is 0 Å². The fourth-order valence-corrected chi connectivity index (χ4v) is 4.38. The van der Waals surface area contributed by atoms with Crippen molar-refractivity contribution in [1.29, 1.82) is 0 Å². The molecule has 4 nitrogen and oxygen atoms in total. The lowest BCUT2D eigenvalue weighted by Gasteiger charge is -2.38. The number of rotatable bonds is 4. The lowest BCUT2D eigenvalue weighted by molar-refractivity contribution is -0.144. The maximum Gasteiger partial charge on any atom is 0.227 e. The predicted octanol–water partition coefficient (Wildman–Crippen LogP) is 3.01. The van der Waals surface area contributed by atoms with Crippen LogP contribution in [0.3, 0.4) is 0 Å². The van der Waals surface area contributed by atoms with E-state index in [9.17, 15) is 14.0 Å². The van der Waals surface area contributed by atoms with Crippen LogP contribution in [0.15, 0.2) is 24.3 Å². The first-order valence-corrected chi connectivity index (χ1v) is 9.93. The van der Waals surface area contributed by atoms with E-state index in [4.69, 9.17) is 0 Å². The van der Waals surface area contributed by atoms with E-state index in [-0.39, 0.29) is 23.5 Å². The molecule has 26 heavy (non-hydrogen) atoms. The van der Waals surface area contributed by atoms with Crippen LogP contribution in [-0.2, 0) is 16.0 Å². The third-order valence-corrected chi connectivity index (χ3v) is 6.14. The monoisotopic (exact) mass is 358 g/mol. The molecule has 2 heterocycles. The van der Waals surface area contributed by atoms with E-state index in [1.54, 1.807) is 0 Å². The van der Waals surface area contributed by atoms with E-state index in [1.807, 2.05) is 21.9 Å². The number of hydrogen-bond acceptors (Lipinski definition) is 2. The molecule has 3 fully saturated rings. The Balaban J connectivity index is 1.28. The molecule has 4 rings (SSSR count). The second-order valence-electron chi connectivity index (χ2n) is 8.11. The van der Waals surface area contributed by atoms with Gasteiger partial charge in [-0.3, -0.25) is 9.59 Å². The van der Waals surface area contributed by atoms with Gasteiger partial charge in [0.2, 0.25) is 11.8 Å². The summed E-state index contributed by atoms with van der Waals surface area (Å²) in [7, 11) is 0. The summed E-state index contributed by atoms with van der Waals surface area (Å²) < 4.78 is 13.0. The molecule has 1 saturated carbocycles. The van der Waals surface area contributed by atoms with Gasteiger partial charge in [0.25, 0.3) is 0 Å². The fraction of sp³-hybridized carbons (Fsp3) is 0.619. The normalized spacial score (nSPS) is 24.8. The molecule has 1 aromatic rings. The van der Waals surface area contributed by atoms with Crippen molar-refractivity contribution in [3.63, 3.8) is 0 Å². The van der Waals surface area contributed by atoms with Crippen molar-refractivity contribution in [2.75, 3.05) is 19.6 Å². The van der Waals surface area contributed by atoms with Crippen molar-refractivity contribution in [3.05, 3.63) is 35.6 Å². The van der Waals surface area contributed by atoms with Crippen molar-refractivity contribution in [3.8, 4) is 0 Å². The average Bonchev–Trinajstić information content (AvgIpc) is 3.49. The molecule has 1 atom stereocenters. The van der Waals surface area contributed by atoms with Crippen LogP contribution in [0.2, 0.25) is 0 Å². The Morgan fingerprint density at radius 3 is 2.38 bits per heavy atom. The Morgan fingerprint density at radius 2 is 1.73 bits per heavy atom. The molecule has 0 unspecified atom stereocenters. The molecule has 2 aliphatic heterocycles. The zero-order valence-electron chi connectivity index (χ0n) is 15.2. The molecule has 3 aliphatic rings. The number of amides is 2. The van der Waals surface area contributed by atoms with E-state index >= 15 is 0 Å². The first-order valence-electron chi connectivity index (χ1n) is 9.93. The SMILES string of the molecule is O=C([C@H]1CCC(=O)N(C2CC2)C1)N1CCC(Cc2ccc(F)cc2)CC1. The van der Waals surface area contributed by atoms with E-state index < -0.39 is 0 Å². The maximum absolute atomic E-state index is 13.0. The van der Waals surface area contributed by atoms with Crippen LogP contribution in [0.1, 0.15) is 44.1 Å². The lowest BCUT2D eigenvalue weighted by atomic mass is 9.89. The minimum atomic E-state index is -0.194. The van der Waals surface area contributed by atoms with Crippen molar-refractivity contribution in [1.82, 2.24) is 9.80 Å². The molecule has 0 aromatic heterocycles. The number of carbonyl (C=O) groups excluding carboxylic acids is 2. The Labute approximate surface area is 154 Å². The first kappa shape index (κ1) is 17.5. The summed E-state index contributed by atoms with van der Waals surface area (Å²) in [5.41, 5.74) is 1.17. The molecule has 0 spiro atoms.